The number of fused-ring (bicyclic) bond motifs is 1. The molecule has 1 amide bonds. The molecule has 6 nitrogen and oxygen atoms in total. The van der Waals surface area contributed by atoms with Crippen LogP contribution in [0.1, 0.15) is 40.8 Å². The number of nitrogens with zero attached hydrogens (tertiary/aromatic N) is 2. The van der Waals surface area contributed by atoms with Crippen LogP contribution >= 0.6 is 11.3 Å². The third-order valence-electron chi connectivity index (χ3n) is 6.30. The molecule has 4 aromatic rings. The van der Waals surface area contributed by atoms with E-state index in [1.807, 2.05) is 64.1 Å². The first kappa shape index (κ1) is 23.8. The number of hydrogen-bond donors (Lipinski definition) is 1. The van der Waals surface area contributed by atoms with E-state index in [0.29, 0.717) is 23.1 Å². The summed E-state index contributed by atoms with van der Waals surface area (Å²) in [5, 5.41) is 11.8. The summed E-state index contributed by atoms with van der Waals surface area (Å²) in [6.07, 6.45) is 0. The third-order valence-corrected chi connectivity index (χ3v) is 7.30. The summed E-state index contributed by atoms with van der Waals surface area (Å²) in [5.41, 5.74) is 5.15. The van der Waals surface area contributed by atoms with Crippen LogP contribution in [0.15, 0.2) is 66.2 Å². The molecule has 1 aliphatic rings. The van der Waals surface area contributed by atoms with Crippen molar-refractivity contribution in [2.45, 2.75) is 33.7 Å². The van der Waals surface area contributed by atoms with Crippen molar-refractivity contribution in [3.05, 3.63) is 94.1 Å². The van der Waals surface area contributed by atoms with E-state index in [2.05, 4.69) is 0 Å². The number of rotatable bonds is 5. The molecule has 36 heavy (non-hydrogen) atoms. The van der Waals surface area contributed by atoms with Crippen LogP contribution in [-0.4, -0.2) is 28.4 Å². The molecule has 1 fully saturated rings. The Morgan fingerprint density at radius 3 is 2.36 bits per heavy atom. The molecule has 3 aromatic carbocycles. The quantitative estimate of drug-likeness (QED) is 0.200. The zero-order valence-electron chi connectivity index (χ0n) is 20.5. The number of Topliss-reactive ketones (excluding diaryl/α,β-unsaturated/α-hetero) is 1. The van der Waals surface area contributed by atoms with Crippen LogP contribution in [0.4, 0.5) is 5.13 Å². The Kier molecular flexibility index (Phi) is 6.10. The van der Waals surface area contributed by atoms with Crippen molar-refractivity contribution in [1.82, 2.24) is 4.98 Å². The lowest BCUT2D eigenvalue weighted by molar-refractivity contribution is -0.132. The number of ketones is 1. The molecular weight excluding hydrogens is 472 g/mol. The Balaban J connectivity index is 1.69. The number of benzene rings is 3. The average Bonchev–Trinajstić information content (AvgIpc) is 3.38. The highest BCUT2D eigenvalue weighted by Gasteiger charge is 2.48. The van der Waals surface area contributed by atoms with Gasteiger partial charge in [0, 0.05) is 5.56 Å². The Morgan fingerprint density at radius 1 is 1.00 bits per heavy atom. The summed E-state index contributed by atoms with van der Waals surface area (Å²) >= 11 is 1.37. The van der Waals surface area contributed by atoms with Gasteiger partial charge >= 0.3 is 5.91 Å². The normalized spacial score (nSPS) is 17.2. The zero-order valence-corrected chi connectivity index (χ0v) is 21.3. The van der Waals surface area contributed by atoms with Crippen LogP contribution in [0.5, 0.6) is 5.75 Å². The lowest BCUT2D eigenvalue weighted by Gasteiger charge is -2.23. The van der Waals surface area contributed by atoms with E-state index in [0.717, 1.165) is 32.5 Å². The molecule has 1 saturated heterocycles. The minimum atomic E-state index is -0.806. The van der Waals surface area contributed by atoms with Gasteiger partial charge in [-0.15, -0.1) is 0 Å². The van der Waals surface area contributed by atoms with E-state index in [1.54, 1.807) is 24.3 Å². The second kappa shape index (κ2) is 9.24. The zero-order chi connectivity index (χ0) is 25.6. The van der Waals surface area contributed by atoms with Gasteiger partial charge in [0.2, 0.25) is 0 Å². The molecule has 1 atom stereocenters. The fourth-order valence-corrected chi connectivity index (χ4v) is 5.76. The van der Waals surface area contributed by atoms with Crippen molar-refractivity contribution < 1.29 is 19.4 Å². The Labute approximate surface area is 213 Å². The maximum Gasteiger partial charge on any atom is 0.301 e. The van der Waals surface area contributed by atoms with E-state index in [-0.39, 0.29) is 11.3 Å². The van der Waals surface area contributed by atoms with E-state index >= 15 is 0 Å². The van der Waals surface area contributed by atoms with Gasteiger partial charge in [-0.1, -0.05) is 47.2 Å². The summed E-state index contributed by atoms with van der Waals surface area (Å²) in [6.45, 7) is 8.38. The molecule has 1 unspecified atom stereocenters. The van der Waals surface area contributed by atoms with Crippen molar-refractivity contribution in [2.75, 3.05) is 11.5 Å². The molecule has 182 valence electrons. The molecule has 0 aliphatic carbocycles. The predicted octanol–water partition coefficient (Wildman–Crippen LogP) is 6.25. The predicted molar refractivity (Wildman–Crippen MR) is 143 cm³/mol. The van der Waals surface area contributed by atoms with Crippen LogP contribution in [0.3, 0.4) is 0 Å². The maximum absolute atomic E-state index is 13.4. The van der Waals surface area contributed by atoms with Crippen molar-refractivity contribution in [3.63, 3.8) is 0 Å². The number of aryl methyl sites for hydroxylation is 3. The van der Waals surface area contributed by atoms with Gasteiger partial charge < -0.3 is 9.84 Å². The molecule has 0 radical (unpaired) electrons. The summed E-state index contributed by atoms with van der Waals surface area (Å²) in [5.74, 6) is -1.01. The van der Waals surface area contributed by atoms with E-state index in [9.17, 15) is 14.7 Å². The number of amides is 1. The van der Waals surface area contributed by atoms with Crippen LogP contribution < -0.4 is 9.64 Å². The van der Waals surface area contributed by atoms with Crippen molar-refractivity contribution in [2.24, 2.45) is 0 Å². The number of aromatic nitrogens is 1. The Morgan fingerprint density at radius 2 is 1.69 bits per heavy atom. The highest BCUT2D eigenvalue weighted by atomic mass is 32.1. The lowest BCUT2D eigenvalue weighted by atomic mass is 9.95. The lowest BCUT2D eigenvalue weighted by Crippen LogP contribution is -2.29. The fraction of sp³-hybridized carbons (Fsp3) is 0.207. The highest BCUT2D eigenvalue weighted by Crippen LogP contribution is 2.44. The largest absolute Gasteiger partial charge is 0.507 e. The topological polar surface area (TPSA) is 79.7 Å². The second-order valence-corrected chi connectivity index (χ2v) is 9.97. The molecule has 1 aliphatic heterocycles. The standard InChI is InChI=1S/C29H26N2O4S/c1-5-35-21-12-10-20(11-13-21)26(32)23-25(19-8-6-16(2)7-9-19)31(28(34)27(23)33)29-30-24-18(4)14-17(3)15-22(24)36-29/h6-15,25,32H,5H2,1-4H3/b26-23+. The van der Waals surface area contributed by atoms with Crippen molar-refractivity contribution >= 4 is 44.1 Å². The number of anilines is 1. The van der Waals surface area contributed by atoms with Gasteiger partial charge in [0.05, 0.1) is 28.4 Å². The smallest absolute Gasteiger partial charge is 0.301 e. The van der Waals surface area contributed by atoms with Crippen molar-refractivity contribution in [1.29, 1.82) is 0 Å². The summed E-state index contributed by atoms with van der Waals surface area (Å²) in [7, 11) is 0. The van der Waals surface area contributed by atoms with E-state index < -0.39 is 17.7 Å². The van der Waals surface area contributed by atoms with Crippen LogP contribution in [-0.2, 0) is 9.59 Å². The third kappa shape index (κ3) is 4.05. The first-order valence-corrected chi connectivity index (χ1v) is 12.6. The summed E-state index contributed by atoms with van der Waals surface area (Å²) in [6, 6.07) is 17.7. The number of thiazole rings is 1. The molecule has 0 bridgehead atoms. The molecule has 7 heteroatoms. The molecule has 1 N–H and O–H groups in total. The number of hydrogen-bond acceptors (Lipinski definition) is 6. The second-order valence-electron chi connectivity index (χ2n) is 8.96. The number of carbonyl (C=O) groups excluding carboxylic acids is 2. The van der Waals surface area contributed by atoms with Gasteiger partial charge in [0.1, 0.15) is 11.5 Å². The van der Waals surface area contributed by atoms with Crippen LogP contribution in [0.25, 0.3) is 16.0 Å². The number of ether oxygens (including phenoxy) is 1. The minimum Gasteiger partial charge on any atom is -0.507 e. The van der Waals surface area contributed by atoms with Gasteiger partial charge in [0.25, 0.3) is 5.78 Å². The Hall–Kier alpha value is -3.97. The molecule has 0 spiro atoms. The summed E-state index contributed by atoms with van der Waals surface area (Å²) < 4.78 is 6.44. The molecule has 0 saturated carbocycles. The van der Waals surface area contributed by atoms with Crippen LogP contribution in [0, 0.1) is 20.8 Å². The van der Waals surface area contributed by atoms with E-state index in [4.69, 9.17) is 9.72 Å². The maximum atomic E-state index is 13.4. The van der Waals surface area contributed by atoms with Gasteiger partial charge in [-0.3, -0.25) is 14.5 Å². The number of carbonyl (C=O) groups is 2. The molecule has 2 heterocycles. The monoisotopic (exact) mass is 498 g/mol. The van der Waals surface area contributed by atoms with Gasteiger partial charge in [-0.2, -0.15) is 0 Å². The first-order valence-electron chi connectivity index (χ1n) is 11.8. The number of aliphatic hydroxyl groups is 1. The number of aliphatic hydroxyl groups excluding tert-OH is 1. The Bertz CT molecular complexity index is 1520. The SMILES string of the molecule is CCOc1ccc(/C(O)=C2\C(=O)C(=O)N(c3nc4c(C)cc(C)cc4s3)C2c2ccc(C)cc2)cc1. The minimum absolute atomic E-state index is 0.0418. The van der Waals surface area contributed by atoms with Gasteiger partial charge in [-0.25, -0.2) is 4.98 Å². The van der Waals surface area contributed by atoms with Crippen molar-refractivity contribution in [3.8, 4) is 5.75 Å². The highest BCUT2D eigenvalue weighted by molar-refractivity contribution is 7.22. The van der Waals surface area contributed by atoms with Gasteiger partial charge in [0.15, 0.2) is 5.13 Å². The van der Waals surface area contributed by atoms with Crippen LogP contribution in [0.2, 0.25) is 0 Å². The molecule has 5 rings (SSSR count). The average molecular weight is 499 g/mol. The summed E-state index contributed by atoms with van der Waals surface area (Å²) in [4.78, 5) is 33.0. The molecular formula is C29H26N2O4S. The van der Waals surface area contributed by atoms with E-state index in [1.165, 1.54) is 16.2 Å². The van der Waals surface area contributed by atoms with Gasteiger partial charge in [-0.05, 0) is 74.7 Å². The molecule has 1 aromatic heterocycles. The fourth-order valence-electron chi connectivity index (χ4n) is 4.59. The first-order chi connectivity index (χ1) is 17.3.